The summed E-state index contributed by atoms with van der Waals surface area (Å²) in [5.74, 6) is 0.457. The van der Waals surface area contributed by atoms with Crippen molar-refractivity contribution in [2.45, 2.75) is 18.6 Å². The maximum atomic E-state index is 12.3. The van der Waals surface area contributed by atoms with Crippen LogP contribution >= 0.6 is 11.6 Å². The molecule has 1 fully saturated rings. The summed E-state index contributed by atoms with van der Waals surface area (Å²) in [4.78, 5) is 16.0. The molecule has 2 unspecified atom stereocenters. The lowest BCUT2D eigenvalue weighted by atomic mass is 10.2. The van der Waals surface area contributed by atoms with Crippen LogP contribution in [0.3, 0.4) is 0 Å². The number of β-amino-alcohol motifs (C(OH)–C–C–N with tert-alkyl or cyclic N) is 1. The van der Waals surface area contributed by atoms with Crippen LogP contribution in [0.2, 0.25) is 5.02 Å². The highest BCUT2D eigenvalue weighted by molar-refractivity contribution is 6.30. The Morgan fingerprint density at radius 1 is 1.52 bits per heavy atom. The zero-order valence-corrected chi connectivity index (χ0v) is 13.1. The molecule has 0 aliphatic carbocycles. The summed E-state index contributed by atoms with van der Waals surface area (Å²) >= 11 is 5.87. The van der Waals surface area contributed by atoms with Crippen LogP contribution in [-0.2, 0) is 4.79 Å². The molecule has 0 bridgehead atoms. The highest BCUT2D eigenvalue weighted by atomic mass is 35.5. The molecular weight excluding hydrogens is 292 g/mol. The van der Waals surface area contributed by atoms with Crippen molar-refractivity contribution in [1.29, 1.82) is 0 Å². The van der Waals surface area contributed by atoms with E-state index >= 15 is 0 Å². The number of likely N-dealkylation sites (N-methyl/N-ethyl adjacent to an activating group) is 1. The average Bonchev–Trinajstić information content (AvgIpc) is 2.76. The van der Waals surface area contributed by atoms with Gasteiger partial charge in [-0.25, -0.2) is 0 Å². The van der Waals surface area contributed by atoms with E-state index in [1.807, 2.05) is 19.0 Å². The Bertz CT molecular complexity index is 496. The first-order chi connectivity index (χ1) is 9.95. The van der Waals surface area contributed by atoms with Crippen LogP contribution in [0.1, 0.15) is 6.42 Å². The van der Waals surface area contributed by atoms with Crippen molar-refractivity contribution in [3.63, 3.8) is 0 Å². The standard InChI is InChI=1S/C15H21ClN2O3/c1-17(2)8-12-7-13(19)9-18(12)15(20)10-21-14-5-3-4-11(16)6-14/h3-6,12-13,19H,7-10H2,1-2H3. The van der Waals surface area contributed by atoms with Gasteiger partial charge in [-0.2, -0.15) is 0 Å². The van der Waals surface area contributed by atoms with E-state index in [2.05, 4.69) is 0 Å². The van der Waals surface area contributed by atoms with Gasteiger partial charge in [-0.3, -0.25) is 4.79 Å². The van der Waals surface area contributed by atoms with Crippen LogP contribution in [0.25, 0.3) is 0 Å². The van der Waals surface area contributed by atoms with Crippen LogP contribution in [0.4, 0.5) is 0 Å². The number of nitrogens with zero attached hydrogens (tertiary/aromatic N) is 2. The Kier molecular flexibility index (Phi) is 5.45. The summed E-state index contributed by atoms with van der Waals surface area (Å²) in [7, 11) is 3.91. The molecule has 2 rings (SSSR count). The lowest BCUT2D eigenvalue weighted by Crippen LogP contribution is -2.43. The maximum Gasteiger partial charge on any atom is 0.260 e. The number of aliphatic hydroxyl groups is 1. The van der Waals surface area contributed by atoms with Crippen LogP contribution in [0.15, 0.2) is 24.3 Å². The van der Waals surface area contributed by atoms with Gasteiger partial charge in [0, 0.05) is 24.2 Å². The SMILES string of the molecule is CN(C)CC1CC(O)CN1C(=O)COc1cccc(Cl)c1. The molecule has 1 aliphatic rings. The van der Waals surface area contributed by atoms with E-state index < -0.39 is 6.10 Å². The molecule has 1 heterocycles. The number of carbonyl (C=O) groups excluding carboxylic acids is 1. The average molecular weight is 313 g/mol. The fourth-order valence-electron chi connectivity index (χ4n) is 2.58. The predicted molar refractivity (Wildman–Crippen MR) is 81.6 cm³/mol. The van der Waals surface area contributed by atoms with Crippen molar-refractivity contribution in [2.24, 2.45) is 0 Å². The summed E-state index contributed by atoms with van der Waals surface area (Å²) < 4.78 is 5.48. The molecule has 5 nitrogen and oxygen atoms in total. The quantitative estimate of drug-likeness (QED) is 0.889. The predicted octanol–water partition coefficient (Wildman–Crippen LogP) is 1.24. The summed E-state index contributed by atoms with van der Waals surface area (Å²) in [6.45, 7) is 1.06. The third-order valence-electron chi connectivity index (χ3n) is 3.45. The Hall–Kier alpha value is -1.30. The topological polar surface area (TPSA) is 53.0 Å². The smallest absolute Gasteiger partial charge is 0.260 e. The molecule has 2 atom stereocenters. The Balaban J connectivity index is 1.92. The minimum Gasteiger partial charge on any atom is -0.484 e. The fraction of sp³-hybridized carbons (Fsp3) is 0.533. The van der Waals surface area contributed by atoms with E-state index in [0.717, 1.165) is 6.54 Å². The van der Waals surface area contributed by atoms with Gasteiger partial charge in [-0.1, -0.05) is 17.7 Å². The molecule has 1 aromatic carbocycles. The van der Waals surface area contributed by atoms with Gasteiger partial charge in [-0.15, -0.1) is 0 Å². The Morgan fingerprint density at radius 3 is 2.95 bits per heavy atom. The minimum absolute atomic E-state index is 0.0328. The molecule has 21 heavy (non-hydrogen) atoms. The number of aliphatic hydroxyl groups excluding tert-OH is 1. The Labute approximate surface area is 130 Å². The van der Waals surface area contributed by atoms with Gasteiger partial charge in [-0.05, 0) is 38.7 Å². The molecule has 6 heteroatoms. The zero-order valence-electron chi connectivity index (χ0n) is 12.3. The van der Waals surface area contributed by atoms with E-state index in [1.54, 1.807) is 29.2 Å². The number of hydrogen-bond acceptors (Lipinski definition) is 4. The molecule has 0 aromatic heterocycles. The van der Waals surface area contributed by atoms with Gasteiger partial charge < -0.3 is 19.6 Å². The molecular formula is C15H21ClN2O3. The van der Waals surface area contributed by atoms with E-state index in [0.29, 0.717) is 23.7 Å². The summed E-state index contributed by atoms with van der Waals surface area (Å²) in [6, 6.07) is 6.99. The van der Waals surface area contributed by atoms with Crippen molar-refractivity contribution in [3.8, 4) is 5.75 Å². The number of halogens is 1. The van der Waals surface area contributed by atoms with Crippen LogP contribution < -0.4 is 4.74 Å². The van der Waals surface area contributed by atoms with Gasteiger partial charge in [0.05, 0.1) is 6.10 Å². The lowest BCUT2D eigenvalue weighted by molar-refractivity contribution is -0.134. The molecule has 116 valence electrons. The number of benzene rings is 1. The van der Waals surface area contributed by atoms with Gasteiger partial charge in [0.25, 0.3) is 5.91 Å². The van der Waals surface area contributed by atoms with Gasteiger partial charge in [0.15, 0.2) is 6.61 Å². The fourth-order valence-corrected chi connectivity index (χ4v) is 2.76. The van der Waals surface area contributed by atoms with Gasteiger partial charge in [0.2, 0.25) is 0 Å². The number of rotatable bonds is 5. The highest BCUT2D eigenvalue weighted by Gasteiger charge is 2.34. The minimum atomic E-state index is -0.454. The molecule has 0 saturated carbocycles. The van der Waals surface area contributed by atoms with Crippen molar-refractivity contribution in [1.82, 2.24) is 9.80 Å². The summed E-state index contributed by atoms with van der Waals surface area (Å²) in [6.07, 6.45) is 0.159. The second-order valence-corrected chi connectivity index (χ2v) is 6.03. The number of amides is 1. The van der Waals surface area contributed by atoms with Gasteiger partial charge >= 0.3 is 0 Å². The molecule has 0 spiro atoms. The number of likely N-dealkylation sites (tertiary alicyclic amines) is 1. The van der Waals surface area contributed by atoms with E-state index in [4.69, 9.17) is 16.3 Å². The first kappa shape index (κ1) is 16.1. The van der Waals surface area contributed by atoms with E-state index in [1.165, 1.54) is 0 Å². The summed E-state index contributed by atoms with van der Waals surface area (Å²) in [5, 5.41) is 10.4. The second kappa shape index (κ2) is 7.11. The van der Waals surface area contributed by atoms with Crippen LogP contribution in [-0.4, -0.2) is 66.8 Å². The second-order valence-electron chi connectivity index (χ2n) is 5.60. The van der Waals surface area contributed by atoms with Gasteiger partial charge in [0.1, 0.15) is 5.75 Å². The van der Waals surface area contributed by atoms with E-state index in [9.17, 15) is 9.90 Å². The normalized spacial score (nSPS) is 21.9. The van der Waals surface area contributed by atoms with Crippen LogP contribution in [0.5, 0.6) is 5.75 Å². The zero-order chi connectivity index (χ0) is 15.4. The molecule has 1 amide bonds. The largest absolute Gasteiger partial charge is 0.484 e. The first-order valence-electron chi connectivity index (χ1n) is 6.96. The number of hydrogen-bond donors (Lipinski definition) is 1. The highest BCUT2D eigenvalue weighted by Crippen LogP contribution is 2.20. The van der Waals surface area contributed by atoms with Crippen LogP contribution in [0, 0.1) is 0 Å². The third-order valence-corrected chi connectivity index (χ3v) is 3.68. The number of ether oxygens (including phenoxy) is 1. The Morgan fingerprint density at radius 2 is 2.29 bits per heavy atom. The van der Waals surface area contributed by atoms with E-state index in [-0.39, 0.29) is 18.6 Å². The lowest BCUT2D eigenvalue weighted by Gasteiger charge is -2.26. The number of carbonyl (C=O) groups is 1. The van der Waals surface area contributed by atoms with Crippen molar-refractivity contribution in [3.05, 3.63) is 29.3 Å². The molecule has 1 aromatic rings. The maximum absolute atomic E-state index is 12.3. The first-order valence-corrected chi connectivity index (χ1v) is 7.34. The molecule has 1 aliphatic heterocycles. The molecule has 0 radical (unpaired) electrons. The van der Waals surface area contributed by atoms with Crippen molar-refractivity contribution >= 4 is 17.5 Å². The monoisotopic (exact) mass is 312 g/mol. The molecule has 1 saturated heterocycles. The third kappa shape index (κ3) is 4.59. The summed E-state index contributed by atoms with van der Waals surface area (Å²) in [5.41, 5.74) is 0. The van der Waals surface area contributed by atoms with Crippen molar-refractivity contribution in [2.75, 3.05) is 33.8 Å². The molecule has 1 N–H and O–H groups in total. The van der Waals surface area contributed by atoms with Crippen molar-refractivity contribution < 1.29 is 14.6 Å².